The molecule has 194 valence electrons. The first-order valence-electron chi connectivity index (χ1n) is 10.7. The Morgan fingerprint density at radius 1 is 0.946 bits per heavy atom. The van der Waals surface area contributed by atoms with Gasteiger partial charge < -0.3 is 20.4 Å². The highest BCUT2D eigenvalue weighted by molar-refractivity contribution is 6.07. The lowest BCUT2D eigenvalue weighted by Gasteiger charge is -2.36. The van der Waals surface area contributed by atoms with Gasteiger partial charge in [0, 0.05) is 48.9 Å². The highest BCUT2D eigenvalue weighted by atomic mass is 19.4. The van der Waals surface area contributed by atoms with Gasteiger partial charge >= 0.3 is 12.4 Å². The third-order valence-electron chi connectivity index (χ3n) is 5.70. The van der Waals surface area contributed by atoms with Gasteiger partial charge in [0.25, 0.3) is 11.5 Å². The van der Waals surface area contributed by atoms with Gasteiger partial charge in [0.05, 0.1) is 5.56 Å². The molecule has 0 unspecified atom stereocenters. The fourth-order valence-electron chi connectivity index (χ4n) is 3.90. The Labute approximate surface area is 205 Å². The normalized spacial score (nSPS) is 12.5. The molecule has 0 aliphatic heterocycles. The number of alkyl halides is 6. The lowest BCUT2D eigenvalue weighted by atomic mass is 9.91. The van der Waals surface area contributed by atoms with Gasteiger partial charge in [0.2, 0.25) is 0 Å². The Morgan fingerprint density at radius 2 is 1.65 bits per heavy atom. The second kappa shape index (κ2) is 9.73. The van der Waals surface area contributed by atoms with Crippen LogP contribution < -0.4 is 10.6 Å². The summed E-state index contributed by atoms with van der Waals surface area (Å²) in [7, 11) is 0.334. The number of carbonyl (C=O) groups excluding carboxylic acids is 1. The smallest absolute Gasteiger partial charge is 0.365 e. The molecular weight excluding hydrogens is 504 g/mol. The maximum absolute atomic E-state index is 13.5. The van der Waals surface area contributed by atoms with E-state index in [1.54, 1.807) is 18.5 Å². The van der Waals surface area contributed by atoms with Crippen molar-refractivity contribution in [3.8, 4) is 0 Å². The topological polar surface area (TPSA) is 91.9 Å². The quantitative estimate of drug-likeness (QED) is 0.267. The van der Waals surface area contributed by atoms with Gasteiger partial charge in [-0.3, -0.25) is 4.79 Å². The van der Waals surface area contributed by atoms with Crippen LogP contribution in [0.2, 0.25) is 0 Å². The molecule has 13 heteroatoms. The van der Waals surface area contributed by atoms with E-state index in [0.29, 0.717) is 31.4 Å². The van der Waals surface area contributed by atoms with Crippen LogP contribution >= 0.6 is 0 Å². The molecule has 0 bridgehead atoms. The molecule has 0 fully saturated rings. The van der Waals surface area contributed by atoms with Crippen molar-refractivity contribution < 1.29 is 35.9 Å². The Balaban J connectivity index is 1.53. The second-order valence-electron chi connectivity index (χ2n) is 7.88. The molecular formula is C24H19F6N5O2. The summed E-state index contributed by atoms with van der Waals surface area (Å²) in [5, 5.41) is 6.40. The first-order valence-corrected chi connectivity index (χ1v) is 10.7. The molecule has 1 aromatic carbocycles. The summed E-state index contributed by atoms with van der Waals surface area (Å²) in [6.45, 7) is 0.302. The zero-order chi connectivity index (χ0) is 26.8. The highest BCUT2D eigenvalue weighted by Crippen LogP contribution is 2.52. The Bertz CT molecular complexity index is 1390. The van der Waals surface area contributed by atoms with Crippen LogP contribution in [0.5, 0.6) is 0 Å². The third kappa shape index (κ3) is 4.81. The van der Waals surface area contributed by atoms with Crippen molar-refractivity contribution >= 4 is 28.4 Å². The van der Waals surface area contributed by atoms with Crippen molar-refractivity contribution in [2.75, 3.05) is 17.7 Å². The molecule has 37 heavy (non-hydrogen) atoms. The van der Waals surface area contributed by atoms with Crippen molar-refractivity contribution in [3.63, 3.8) is 0 Å². The average molecular weight is 523 g/mol. The van der Waals surface area contributed by atoms with Gasteiger partial charge in [-0.15, -0.1) is 0 Å². The van der Waals surface area contributed by atoms with E-state index in [1.165, 1.54) is 18.3 Å². The van der Waals surface area contributed by atoms with Crippen molar-refractivity contribution in [2.45, 2.75) is 24.5 Å². The minimum absolute atomic E-state index is 0.0268. The number of anilines is 2. The van der Waals surface area contributed by atoms with Crippen molar-refractivity contribution in [3.05, 3.63) is 83.8 Å². The van der Waals surface area contributed by atoms with Crippen molar-refractivity contribution in [1.82, 2.24) is 15.0 Å². The van der Waals surface area contributed by atoms with E-state index in [0.717, 1.165) is 23.1 Å². The number of ether oxygens (including phenoxy) is 1. The number of amides is 1. The largest absolute Gasteiger partial charge is 0.430 e. The Kier molecular flexibility index (Phi) is 6.82. The minimum atomic E-state index is -5.78. The summed E-state index contributed by atoms with van der Waals surface area (Å²) >= 11 is 0. The number of fused-ring (bicyclic) bond motifs is 1. The predicted octanol–water partition coefficient (Wildman–Crippen LogP) is 5.79. The Morgan fingerprint density at radius 3 is 2.30 bits per heavy atom. The molecule has 0 saturated heterocycles. The van der Waals surface area contributed by atoms with E-state index in [9.17, 15) is 31.1 Å². The van der Waals surface area contributed by atoms with Crippen LogP contribution in [-0.2, 0) is 16.9 Å². The first kappa shape index (κ1) is 25.9. The van der Waals surface area contributed by atoms with Gasteiger partial charge in [-0.1, -0.05) is 12.1 Å². The van der Waals surface area contributed by atoms with E-state index in [-0.39, 0.29) is 17.1 Å². The number of pyridine rings is 2. The molecule has 3 N–H and O–H groups in total. The Hall–Kier alpha value is -4.13. The average Bonchev–Trinajstić information content (AvgIpc) is 3.32. The van der Waals surface area contributed by atoms with Crippen LogP contribution in [-0.4, -0.2) is 40.3 Å². The zero-order valence-electron chi connectivity index (χ0n) is 19.0. The molecule has 0 spiro atoms. The van der Waals surface area contributed by atoms with Gasteiger partial charge in [0.15, 0.2) is 0 Å². The molecule has 1 amide bonds. The predicted molar refractivity (Wildman–Crippen MR) is 123 cm³/mol. The molecule has 3 aromatic heterocycles. The number of methoxy groups -OCH3 is 1. The summed E-state index contributed by atoms with van der Waals surface area (Å²) in [6.07, 6.45) is -6.72. The lowest BCUT2D eigenvalue weighted by molar-refractivity contribution is -0.383. The van der Waals surface area contributed by atoms with Crippen LogP contribution in [0.25, 0.3) is 11.0 Å². The minimum Gasteiger partial charge on any atom is -0.365 e. The number of hydrogen-bond acceptors (Lipinski definition) is 5. The third-order valence-corrected chi connectivity index (χ3v) is 5.70. The zero-order valence-corrected chi connectivity index (χ0v) is 19.0. The lowest BCUT2D eigenvalue weighted by Crippen LogP contribution is -2.55. The monoisotopic (exact) mass is 523 g/mol. The molecule has 0 radical (unpaired) electrons. The molecule has 7 nitrogen and oxygen atoms in total. The van der Waals surface area contributed by atoms with E-state index in [4.69, 9.17) is 0 Å². The van der Waals surface area contributed by atoms with Crippen LogP contribution in [0, 0.1) is 0 Å². The molecule has 0 aliphatic carbocycles. The summed E-state index contributed by atoms with van der Waals surface area (Å²) in [5.41, 5.74) is -4.03. The second-order valence-corrected chi connectivity index (χ2v) is 7.88. The van der Waals surface area contributed by atoms with Crippen LogP contribution in [0.1, 0.15) is 21.5 Å². The number of hydrogen-bond donors (Lipinski definition) is 3. The number of H-pyrrole nitrogens is 1. The number of carbonyl (C=O) groups is 1. The SMILES string of the molecule is COC(c1ccc(NC(=O)c2cccnc2NCc2ccnc3[nH]ccc23)cc1)(C(F)(F)F)C(F)(F)F. The van der Waals surface area contributed by atoms with E-state index in [2.05, 4.69) is 30.3 Å². The molecule has 0 aliphatic rings. The number of aromatic nitrogens is 3. The molecule has 0 saturated carbocycles. The van der Waals surface area contributed by atoms with Crippen LogP contribution in [0.15, 0.2) is 67.1 Å². The fraction of sp³-hybridized carbons (Fsp3) is 0.208. The standard InChI is InChI=1S/C24H19F6N5O2/c1-37-22(23(25,26)27,24(28,29)30)15-4-6-16(7-5-15)35-21(36)18-3-2-10-31-20(18)34-13-14-8-11-32-19-17(14)9-12-33-19/h2-12H,13H2,1H3,(H,31,34)(H,32,33)(H,35,36). The summed E-state index contributed by atoms with van der Waals surface area (Å²) < 4.78 is 84.8. The summed E-state index contributed by atoms with van der Waals surface area (Å²) in [5.74, 6) is -0.445. The van der Waals surface area contributed by atoms with E-state index >= 15 is 0 Å². The number of benzene rings is 1. The molecule has 0 atom stereocenters. The molecule has 3 heterocycles. The summed E-state index contributed by atoms with van der Waals surface area (Å²) in [6, 6.07) is 9.71. The van der Waals surface area contributed by atoms with Crippen molar-refractivity contribution in [1.29, 1.82) is 0 Å². The maximum Gasteiger partial charge on any atom is 0.430 e. The van der Waals surface area contributed by atoms with Gasteiger partial charge in [-0.25, -0.2) is 9.97 Å². The van der Waals surface area contributed by atoms with E-state index in [1.807, 2.05) is 6.07 Å². The molecule has 4 aromatic rings. The number of aromatic amines is 1. The number of halogens is 6. The van der Waals surface area contributed by atoms with Gasteiger partial charge in [0.1, 0.15) is 11.5 Å². The fourth-order valence-corrected chi connectivity index (χ4v) is 3.90. The van der Waals surface area contributed by atoms with Crippen molar-refractivity contribution in [2.24, 2.45) is 0 Å². The number of nitrogens with zero attached hydrogens (tertiary/aromatic N) is 2. The number of nitrogens with one attached hydrogen (secondary N) is 3. The van der Waals surface area contributed by atoms with E-state index < -0.39 is 29.4 Å². The van der Waals surface area contributed by atoms with Crippen LogP contribution in [0.3, 0.4) is 0 Å². The highest BCUT2D eigenvalue weighted by Gasteiger charge is 2.72. The number of rotatable bonds is 7. The summed E-state index contributed by atoms with van der Waals surface area (Å²) in [4.78, 5) is 24.3. The van der Waals surface area contributed by atoms with Crippen LogP contribution in [0.4, 0.5) is 37.8 Å². The van der Waals surface area contributed by atoms with Gasteiger partial charge in [-0.05, 0) is 42.0 Å². The molecule has 4 rings (SSSR count). The first-order chi connectivity index (χ1) is 17.5. The van der Waals surface area contributed by atoms with Gasteiger partial charge in [-0.2, -0.15) is 26.3 Å². The maximum atomic E-state index is 13.5.